The second kappa shape index (κ2) is 8.91. The quantitative estimate of drug-likeness (QED) is 0.675. The molecule has 0 aliphatic carbocycles. The molecule has 0 aliphatic heterocycles. The highest BCUT2D eigenvalue weighted by molar-refractivity contribution is 5.20. The Morgan fingerprint density at radius 2 is 2.00 bits per heavy atom. The molecule has 1 aromatic rings. The van der Waals surface area contributed by atoms with Gasteiger partial charge in [0, 0.05) is 20.2 Å². The highest BCUT2D eigenvalue weighted by atomic mass is 16.5. The average molecular weight is 253 g/mol. The molecule has 1 aromatic carbocycles. The highest BCUT2D eigenvalue weighted by Gasteiger charge is 2.07. The smallest absolute Gasteiger partial charge is 0.119 e. The molecule has 0 aromatic heterocycles. The van der Waals surface area contributed by atoms with Crippen molar-refractivity contribution in [2.24, 2.45) is 0 Å². The molecule has 0 saturated carbocycles. The molecule has 1 rings (SSSR count). The van der Waals surface area contributed by atoms with E-state index in [1.807, 2.05) is 37.4 Å². The van der Waals surface area contributed by atoms with Gasteiger partial charge in [0.25, 0.3) is 0 Å². The first kappa shape index (κ1) is 15.0. The van der Waals surface area contributed by atoms with Crippen molar-refractivity contribution < 1.29 is 14.6 Å². The van der Waals surface area contributed by atoms with Gasteiger partial charge in [0.05, 0.1) is 19.3 Å². The number of hydrogen-bond donors (Lipinski definition) is 1. The van der Waals surface area contributed by atoms with Crippen LogP contribution >= 0.6 is 0 Å². The summed E-state index contributed by atoms with van der Waals surface area (Å²) in [5.41, 5.74) is 0. The Kier molecular flexibility index (Phi) is 7.41. The summed E-state index contributed by atoms with van der Waals surface area (Å²) in [5.74, 6) is 0.902. The molecule has 0 saturated heterocycles. The third-order valence-electron chi connectivity index (χ3n) is 2.58. The van der Waals surface area contributed by atoms with Gasteiger partial charge in [-0.1, -0.05) is 18.2 Å². The van der Waals surface area contributed by atoms with Crippen LogP contribution in [0.4, 0.5) is 0 Å². The molecular formula is C14H23NO3. The van der Waals surface area contributed by atoms with Crippen LogP contribution in [0.1, 0.15) is 6.42 Å². The fourth-order valence-electron chi connectivity index (χ4n) is 1.74. The lowest BCUT2D eigenvalue weighted by molar-refractivity contribution is 0.0424. The minimum absolute atomic E-state index is 0.380. The van der Waals surface area contributed by atoms with E-state index in [0.29, 0.717) is 19.8 Å². The Morgan fingerprint density at radius 1 is 1.28 bits per heavy atom. The van der Waals surface area contributed by atoms with Gasteiger partial charge in [0.15, 0.2) is 0 Å². The van der Waals surface area contributed by atoms with Crippen molar-refractivity contribution in [1.29, 1.82) is 0 Å². The molecule has 4 nitrogen and oxygen atoms in total. The molecule has 0 bridgehead atoms. The van der Waals surface area contributed by atoms with Crippen molar-refractivity contribution in [3.63, 3.8) is 0 Å². The van der Waals surface area contributed by atoms with Gasteiger partial charge < -0.3 is 19.5 Å². The van der Waals surface area contributed by atoms with Crippen LogP contribution in [0.5, 0.6) is 5.75 Å². The molecule has 0 heterocycles. The maximum absolute atomic E-state index is 9.56. The molecule has 102 valence electrons. The second-order valence-corrected chi connectivity index (χ2v) is 4.39. The van der Waals surface area contributed by atoms with Gasteiger partial charge in [-0.2, -0.15) is 0 Å². The van der Waals surface area contributed by atoms with Crippen LogP contribution in [-0.4, -0.2) is 56.6 Å². The topological polar surface area (TPSA) is 41.9 Å². The molecule has 0 fully saturated rings. The van der Waals surface area contributed by atoms with Crippen LogP contribution < -0.4 is 4.74 Å². The summed E-state index contributed by atoms with van der Waals surface area (Å²) in [5, 5.41) is 9.56. The largest absolute Gasteiger partial charge is 0.494 e. The summed E-state index contributed by atoms with van der Waals surface area (Å²) in [6.45, 7) is 2.59. The molecule has 1 N–H and O–H groups in total. The number of methoxy groups -OCH3 is 1. The van der Waals surface area contributed by atoms with Gasteiger partial charge in [-0.25, -0.2) is 0 Å². The molecular weight excluding hydrogens is 230 g/mol. The normalized spacial score (nSPS) is 12.7. The van der Waals surface area contributed by atoms with E-state index < -0.39 is 6.10 Å². The zero-order valence-electron chi connectivity index (χ0n) is 11.2. The van der Waals surface area contributed by atoms with Crippen molar-refractivity contribution >= 4 is 0 Å². The third kappa shape index (κ3) is 6.59. The number of benzene rings is 1. The fourth-order valence-corrected chi connectivity index (χ4v) is 1.74. The van der Waals surface area contributed by atoms with E-state index in [1.54, 1.807) is 7.11 Å². The van der Waals surface area contributed by atoms with Gasteiger partial charge in [-0.3, -0.25) is 0 Å². The molecule has 1 unspecified atom stereocenters. The summed E-state index contributed by atoms with van der Waals surface area (Å²) in [7, 11) is 3.58. The highest BCUT2D eigenvalue weighted by Crippen LogP contribution is 2.08. The van der Waals surface area contributed by atoms with Crippen LogP contribution in [0.3, 0.4) is 0 Å². The van der Waals surface area contributed by atoms with E-state index in [4.69, 9.17) is 9.47 Å². The molecule has 4 heteroatoms. The Bertz CT molecular complexity index is 305. The predicted molar refractivity (Wildman–Crippen MR) is 71.9 cm³/mol. The van der Waals surface area contributed by atoms with Crippen molar-refractivity contribution in [3.05, 3.63) is 30.3 Å². The maximum atomic E-state index is 9.56. The van der Waals surface area contributed by atoms with Crippen LogP contribution in [0.25, 0.3) is 0 Å². The van der Waals surface area contributed by atoms with E-state index in [2.05, 4.69) is 4.90 Å². The lowest BCUT2D eigenvalue weighted by atomic mass is 10.3. The summed E-state index contributed by atoms with van der Waals surface area (Å²) in [4.78, 5) is 2.08. The summed E-state index contributed by atoms with van der Waals surface area (Å²) in [6, 6.07) is 9.79. The first-order valence-electron chi connectivity index (χ1n) is 6.25. The predicted octanol–water partition coefficient (Wildman–Crippen LogP) is 1.39. The maximum Gasteiger partial charge on any atom is 0.119 e. The monoisotopic (exact) mass is 253 g/mol. The Labute approximate surface area is 109 Å². The van der Waals surface area contributed by atoms with Crippen molar-refractivity contribution in [2.75, 3.05) is 40.5 Å². The number of aliphatic hydroxyl groups excluding tert-OH is 1. The molecule has 18 heavy (non-hydrogen) atoms. The van der Waals surface area contributed by atoms with E-state index >= 15 is 0 Å². The minimum atomic E-state index is -0.421. The van der Waals surface area contributed by atoms with Crippen LogP contribution in [0.15, 0.2) is 30.3 Å². The van der Waals surface area contributed by atoms with E-state index in [1.165, 1.54) is 0 Å². The lowest BCUT2D eigenvalue weighted by Gasteiger charge is -2.20. The zero-order chi connectivity index (χ0) is 13.2. The average Bonchev–Trinajstić information content (AvgIpc) is 2.36. The Morgan fingerprint density at radius 3 is 2.67 bits per heavy atom. The van der Waals surface area contributed by atoms with E-state index in [0.717, 1.165) is 18.7 Å². The van der Waals surface area contributed by atoms with Crippen molar-refractivity contribution in [2.45, 2.75) is 12.5 Å². The van der Waals surface area contributed by atoms with Crippen LogP contribution in [0.2, 0.25) is 0 Å². The number of para-hydroxylation sites is 1. The van der Waals surface area contributed by atoms with Crippen LogP contribution in [-0.2, 0) is 4.74 Å². The van der Waals surface area contributed by atoms with Crippen LogP contribution in [0, 0.1) is 0 Å². The Balaban J connectivity index is 2.07. The van der Waals surface area contributed by atoms with E-state index in [-0.39, 0.29) is 0 Å². The SMILES string of the molecule is COCC(O)CN(C)CCCOc1ccccc1. The van der Waals surface area contributed by atoms with Gasteiger partial charge in [0.1, 0.15) is 5.75 Å². The first-order valence-corrected chi connectivity index (χ1v) is 6.25. The van der Waals surface area contributed by atoms with Crippen molar-refractivity contribution in [1.82, 2.24) is 4.90 Å². The number of aliphatic hydroxyl groups is 1. The standard InChI is InChI=1S/C14H23NO3/c1-15(11-13(16)12-17-2)9-6-10-18-14-7-4-3-5-8-14/h3-5,7-8,13,16H,6,9-12H2,1-2H3. The first-order chi connectivity index (χ1) is 8.72. The number of nitrogens with zero attached hydrogens (tertiary/aromatic N) is 1. The molecule has 0 spiro atoms. The van der Waals surface area contributed by atoms with Gasteiger partial charge >= 0.3 is 0 Å². The molecule has 0 amide bonds. The zero-order valence-corrected chi connectivity index (χ0v) is 11.2. The third-order valence-corrected chi connectivity index (χ3v) is 2.58. The van der Waals surface area contributed by atoms with E-state index in [9.17, 15) is 5.11 Å². The lowest BCUT2D eigenvalue weighted by Crippen LogP contribution is -2.33. The fraction of sp³-hybridized carbons (Fsp3) is 0.571. The molecule has 1 atom stereocenters. The summed E-state index contributed by atoms with van der Waals surface area (Å²) in [6.07, 6.45) is 0.514. The number of rotatable bonds is 9. The second-order valence-electron chi connectivity index (χ2n) is 4.39. The minimum Gasteiger partial charge on any atom is -0.494 e. The number of ether oxygens (including phenoxy) is 2. The van der Waals surface area contributed by atoms with Gasteiger partial charge in [-0.15, -0.1) is 0 Å². The van der Waals surface area contributed by atoms with Crippen molar-refractivity contribution in [3.8, 4) is 5.75 Å². The Hall–Kier alpha value is -1.10. The number of hydrogen-bond acceptors (Lipinski definition) is 4. The summed E-state index contributed by atoms with van der Waals surface area (Å²) < 4.78 is 10.5. The molecule has 0 aliphatic rings. The van der Waals surface area contributed by atoms with Gasteiger partial charge in [0.2, 0.25) is 0 Å². The van der Waals surface area contributed by atoms with Gasteiger partial charge in [-0.05, 0) is 25.6 Å². The number of likely N-dealkylation sites (N-methyl/N-ethyl adjacent to an activating group) is 1. The molecule has 0 radical (unpaired) electrons. The summed E-state index contributed by atoms with van der Waals surface area (Å²) >= 11 is 0.